The Bertz CT molecular complexity index is 4350. The maximum atomic E-state index is 16.2. The molecule has 0 aliphatic carbocycles. The summed E-state index contributed by atoms with van der Waals surface area (Å²) in [5, 5.41) is 63.0. The molecular formula is C82H123N21O22. The number of benzene rings is 2. The number of aromatic hydroxyl groups is 1. The van der Waals surface area contributed by atoms with Crippen LogP contribution in [0.1, 0.15) is 174 Å². The average Bonchev–Trinajstić information content (AvgIpc) is 1.79. The molecule has 3 fully saturated rings. The van der Waals surface area contributed by atoms with E-state index in [2.05, 4.69) is 57.8 Å². The highest BCUT2D eigenvalue weighted by molar-refractivity contribution is 6.07. The molecule has 1 aromatic heterocycles. The summed E-state index contributed by atoms with van der Waals surface area (Å²) in [5.74, 6) is -21.5. The number of primary amides is 1. The molecule has 0 saturated carbocycles. The van der Waals surface area contributed by atoms with Gasteiger partial charge in [-0.25, -0.2) is 4.79 Å². The van der Waals surface area contributed by atoms with E-state index in [0.29, 0.717) is 39.8 Å². The highest BCUT2D eigenvalue weighted by atomic mass is 16.4. The number of hydrogen-bond donors (Lipinski definition) is 20. The number of phenols is 1. The Morgan fingerprint density at radius 1 is 0.576 bits per heavy atom. The van der Waals surface area contributed by atoms with Gasteiger partial charge in [0.25, 0.3) is 11.8 Å². The van der Waals surface area contributed by atoms with Crippen molar-refractivity contribution in [3.8, 4) is 5.75 Å². The van der Waals surface area contributed by atoms with Gasteiger partial charge >= 0.3 is 17.9 Å². The first kappa shape index (κ1) is 101. The second-order valence-electron chi connectivity index (χ2n) is 32.5. The Balaban J connectivity index is 1.44. The normalized spacial score (nSPS) is 19.6. The van der Waals surface area contributed by atoms with E-state index in [0.717, 1.165) is 9.80 Å². The number of imide groups is 1. The van der Waals surface area contributed by atoms with Crippen molar-refractivity contribution in [2.45, 2.75) is 254 Å². The summed E-state index contributed by atoms with van der Waals surface area (Å²) in [7, 11) is 1.17. The Morgan fingerprint density at radius 3 is 1.80 bits per heavy atom. The van der Waals surface area contributed by atoms with Gasteiger partial charge in [-0.15, -0.1) is 0 Å². The molecule has 26 N–H and O–H groups in total. The number of aliphatic carboxylic acids is 3. The monoisotopic (exact) mass is 1750 g/mol. The van der Waals surface area contributed by atoms with Gasteiger partial charge in [-0.2, -0.15) is 0 Å². The van der Waals surface area contributed by atoms with Gasteiger partial charge in [0.1, 0.15) is 84.8 Å². The molecule has 3 saturated heterocycles. The van der Waals surface area contributed by atoms with E-state index in [1.54, 1.807) is 58.2 Å². The van der Waals surface area contributed by atoms with Gasteiger partial charge in [-0.05, 0) is 163 Å². The topological polar surface area (TPSA) is 694 Å². The van der Waals surface area contributed by atoms with E-state index >= 15 is 38.4 Å². The first-order valence-electron chi connectivity index (χ1n) is 42.1. The first-order chi connectivity index (χ1) is 59.2. The number of likely N-dealkylation sites (N-methyl/N-ethyl adjacent to an activating group) is 1. The molecule has 125 heavy (non-hydrogen) atoms. The van der Waals surface area contributed by atoms with Gasteiger partial charge < -0.3 is 122 Å². The number of aromatic nitrogens is 1. The largest absolute Gasteiger partial charge is 0.508 e. The van der Waals surface area contributed by atoms with Gasteiger partial charge in [0, 0.05) is 75.9 Å². The number of para-hydroxylation sites is 1. The molecule has 0 bridgehead atoms. The number of fused-ring (bicyclic) bond motifs is 2. The summed E-state index contributed by atoms with van der Waals surface area (Å²) in [5.41, 5.74) is 36.2. The Kier molecular flexibility index (Phi) is 40.4. The second kappa shape index (κ2) is 49.8. The first-order valence-corrected chi connectivity index (χ1v) is 42.1. The summed E-state index contributed by atoms with van der Waals surface area (Å²) in [6.07, 6.45) is -3.72. The molecule has 43 heteroatoms. The fourth-order valence-electron chi connectivity index (χ4n) is 15.1. The van der Waals surface area contributed by atoms with Crippen molar-refractivity contribution in [3.63, 3.8) is 0 Å². The minimum Gasteiger partial charge on any atom is -0.508 e. The number of rotatable bonds is 45. The van der Waals surface area contributed by atoms with Crippen LogP contribution in [0.2, 0.25) is 0 Å². The third-order valence-electron chi connectivity index (χ3n) is 21.7. The van der Waals surface area contributed by atoms with Crippen molar-refractivity contribution in [3.05, 3.63) is 65.9 Å². The van der Waals surface area contributed by atoms with Crippen LogP contribution >= 0.6 is 0 Å². The van der Waals surface area contributed by atoms with Gasteiger partial charge in [0.2, 0.25) is 76.8 Å². The Hall–Kier alpha value is -12.4. The quantitative estimate of drug-likeness (QED) is 0.0112. The molecule has 3 aliphatic rings. The van der Waals surface area contributed by atoms with Crippen molar-refractivity contribution in [2.24, 2.45) is 51.2 Å². The lowest BCUT2D eigenvalue weighted by Gasteiger charge is -2.36. The van der Waals surface area contributed by atoms with Crippen LogP contribution in [0.4, 0.5) is 0 Å². The van der Waals surface area contributed by atoms with Gasteiger partial charge in [0.05, 0.1) is 12.5 Å². The van der Waals surface area contributed by atoms with Crippen LogP contribution in [0, 0.1) is 11.8 Å². The number of hydrogen-bond acceptors (Lipinski definition) is 23. The number of aromatic amines is 1. The summed E-state index contributed by atoms with van der Waals surface area (Å²) in [6, 6.07) is -9.07. The number of unbranched alkanes of at least 4 members (excludes halogenated alkanes) is 2. The van der Waals surface area contributed by atoms with E-state index in [4.69, 9.17) is 34.4 Å². The molecule has 1 unspecified atom stereocenters. The van der Waals surface area contributed by atoms with Crippen molar-refractivity contribution in [1.82, 2.24) is 72.4 Å². The zero-order chi connectivity index (χ0) is 92.5. The zero-order valence-electron chi connectivity index (χ0n) is 71.2. The van der Waals surface area contributed by atoms with Crippen molar-refractivity contribution < 1.29 is 107 Å². The minimum atomic E-state index is -2.07. The molecule has 2 aromatic carbocycles. The molecule has 0 spiro atoms. The number of likely N-dealkylation sites (tertiary alicyclic amines) is 1. The molecule has 0 radical (unpaired) electrons. The minimum absolute atomic E-state index is 0.00926. The number of H-pyrrole nitrogens is 1. The number of nitrogens with two attached hydrogens (primary N) is 6. The maximum Gasteiger partial charge on any atom is 0.326 e. The fraction of sp³-hybridized carbons (Fsp3) is 0.598. The van der Waals surface area contributed by atoms with Crippen LogP contribution in [0.5, 0.6) is 5.75 Å². The predicted octanol–water partition coefficient (Wildman–Crippen LogP) is -3.60. The lowest BCUT2D eigenvalue weighted by atomic mass is 10.00. The van der Waals surface area contributed by atoms with Gasteiger partial charge in [-0.3, -0.25) is 91.4 Å². The van der Waals surface area contributed by atoms with Crippen molar-refractivity contribution in [1.29, 1.82) is 0 Å². The van der Waals surface area contributed by atoms with Crippen LogP contribution in [-0.2, 0) is 99.1 Å². The molecule has 3 aliphatic heterocycles. The van der Waals surface area contributed by atoms with Crippen LogP contribution in [-0.4, -0.2) is 282 Å². The van der Waals surface area contributed by atoms with E-state index in [1.165, 1.54) is 36.2 Å². The summed E-state index contributed by atoms with van der Waals surface area (Å²) in [6.45, 7) is 5.35. The highest BCUT2D eigenvalue weighted by Gasteiger charge is 2.47. The summed E-state index contributed by atoms with van der Waals surface area (Å²) in [4.78, 5) is 270. The van der Waals surface area contributed by atoms with Crippen LogP contribution in [0.3, 0.4) is 0 Å². The molecule has 15 amide bonds. The van der Waals surface area contributed by atoms with Crippen molar-refractivity contribution in [2.75, 3.05) is 46.3 Å². The second-order valence-corrected chi connectivity index (χ2v) is 32.5. The summed E-state index contributed by atoms with van der Waals surface area (Å²) >= 11 is 0. The number of amides is 15. The van der Waals surface area contributed by atoms with Gasteiger partial charge in [-0.1, -0.05) is 58.0 Å². The van der Waals surface area contributed by atoms with Crippen molar-refractivity contribution >= 4 is 123 Å². The number of guanidine groups is 1. The fourth-order valence-corrected chi connectivity index (χ4v) is 15.1. The SMILES string of the molecule is CC(C)CC(NC(=O)CC[C@@H]1NC(=O)[C@H](Cc2c[nH]c3ccccc23)NC(=O)[C@@H]2CCCN2C(=O)[C@H](CCCCN)NC(=O)[C@H](CCCN=C(N)N)N(C)C(=O)CN(C(=O)[C@@H]2CCCN2C(=O)[C@H](CCCCN)NC(=O)[C@H](CC(N)=O)NC(=O)[C@H](CCC(=O)O)NC(=O)[C@H](Cc2ccc(O)cc2)NC(=O)[C@H](CC(C)C)NC(=O)[C@@H](N)CCC(=O)O)C1=O)C(=O)O. The summed E-state index contributed by atoms with van der Waals surface area (Å²) < 4.78 is 0. The van der Waals surface area contributed by atoms with E-state index in [9.17, 15) is 68.4 Å². The zero-order valence-corrected chi connectivity index (χ0v) is 71.2. The van der Waals surface area contributed by atoms with Crippen LogP contribution < -0.4 is 82.3 Å². The Labute approximate surface area is 722 Å². The van der Waals surface area contributed by atoms with Gasteiger partial charge in [0.15, 0.2) is 5.96 Å². The Morgan fingerprint density at radius 2 is 1.15 bits per heavy atom. The van der Waals surface area contributed by atoms with E-state index in [-0.39, 0.29) is 153 Å². The van der Waals surface area contributed by atoms with E-state index < -0.39 is 230 Å². The molecule has 43 nitrogen and oxygen atoms in total. The maximum absolute atomic E-state index is 16.2. The molecular weight excluding hydrogens is 1630 g/mol. The molecule has 688 valence electrons. The predicted molar refractivity (Wildman–Crippen MR) is 451 cm³/mol. The molecule has 13 atom stereocenters. The lowest BCUT2D eigenvalue weighted by molar-refractivity contribution is -0.157. The lowest BCUT2D eigenvalue weighted by Crippen LogP contribution is -2.62. The smallest absolute Gasteiger partial charge is 0.326 e. The highest BCUT2D eigenvalue weighted by Crippen LogP contribution is 2.27. The number of carbonyl (C=O) groups excluding carboxylic acids is 15. The third-order valence-corrected chi connectivity index (χ3v) is 21.7. The number of carbonyl (C=O) groups is 18. The number of phenolic OH excluding ortho intramolecular Hbond substituents is 1. The molecule has 3 aromatic rings. The number of nitrogens with zero attached hydrogens (tertiary/aromatic N) is 5. The molecule has 4 heterocycles. The average molecular weight is 1760 g/mol. The number of carboxylic acids is 3. The number of carboxylic acid groups (broad SMARTS) is 3. The molecule has 6 rings (SSSR count). The number of aliphatic imine (C=N–C) groups is 1. The van der Waals surface area contributed by atoms with E-state index in [1.807, 2.05) is 0 Å². The van der Waals surface area contributed by atoms with Crippen LogP contribution in [0.15, 0.2) is 59.7 Å². The third kappa shape index (κ3) is 31.7. The standard InChI is InChI=1S/C82H123N21O22/c1-44(2)37-56(96-69(112)50(85)26-30-67(108)109)71(114)97-57(39-46-22-24-48(104)25-23-46)72(115)92-52(28-31-68(110)111)70(113)98-59(41-64(86)105)74(117)93-53(17-8-10-32-83)78(121)102-36-14-21-63(102)80(123)103-43-66(107)100(5)61(19-12-34-89-82(87)88)75(118)95-54(18-9-11-33-84)77(120)101-35-13-20-62(101)76(119)99-58(40-47-42-90-51-16-7-6-15-49(47)51)73(116)94-55(79(103)122)27-29-65(106)91-60(81(124)125)38-45(3)4/h6-7,15-16,22-25,42,44-45,50,52-63,90,104H,8-14,17-21,26-41,43,83-85H2,1-5H3,(H2,86,105)(H,91,106)(H,92,115)(H,93,117)(H,94,116)(H,95,118)(H,96,112)(H,97,114)(H,98,113)(H,99,119)(H,108,109)(H,110,111)(H,124,125)(H4,87,88,89)/t50-,52-,53-,54-,55-,56-,57-,58-,59-,60?,61-,62-,63-/m0/s1. The number of nitrogens with one attached hydrogen (secondary N) is 10. The van der Waals surface area contributed by atoms with Crippen LogP contribution in [0.25, 0.3) is 10.9 Å².